The molecule has 2 heterocycles. The molecular formula is C13H17ClN2. The highest BCUT2D eigenvalue weighted by atomic mass is 35.5. The molecule has 2 aromatic rings. The molecule has 0 saturated carbocycles. The second-order valence-corrected chi connectivity index (χ2v) is 5.22. The molecule has 2 aromatic heterocycles. The Morgan fingerprint density at radius 3 is 2.38 bits per heavy atom. The molecule has 0 radical (unpaired) electrons. The summed E-state index contributed by atoms with van der Waals surface area (Å²) in [7, 11) is 0. The van der Waals surface area contributed by atoms with E-state index >= 15 is 0 Å². The van der Waals surface area contributed by atoms with Crippen LogP contribution in [0.2, 0.25) is 5.02 Å². The summed E-state index contributed by atoms with van der Waals surface area (Å²) in [4.78, 5) is 0. The van der Waals surface area contributed by atoms with Crippen molar-refractivity contribution in [1.82, 2.24) is 9.61 Å². The van der Waals surface area contributed by atoms with Crippen molar-refractivity contribution < 1.29 is 0 Å². The Morgan fingerprint density at radius 1 is 1.12 bits per heavy atom. The Labute approximate surface area is 101 Å². The van der Waals surface area contributed by atoms with Gasteiger partial charge in [0.15, 0.2) is 0 Å². The van der Waals surface area contributed by atoms with Crippen LogP contribution >= 0.6 is 11.6 Å². The summed E-state index contributed by atoms with van der Waals surface area (Å²) >= 11 is 6.14. The molecule has 86 valence electrons. The first kappa shape index (κ1) is 11.5. The van der Waals surface area contributed by atoms with Crippen LogP contribution in [0.4, 0.5) is 0 Å². The number of rotatable bonds is 2. The Balaban J connectivity index is 2.75. The third-order valence-electron chi connectivity index (χ3n) is 2.88. The highest BCUT2D eigenvalue weighted by molar-refractivity contribution is 6.33. The van der Waals surface area contributed by atoms with Crippen LogP contribution in [-0.2, 0) is 0 Å². The molecule has 0 bridgehead atoms. The monoisotopic (exact) mass is 236 g/mol. The van der Waals surface area contributed by atoms with E-state index in [2.05, 4.69) is 44.9 Å². The number of fused-ring (bicyclic) bond motifs is 1. The van der Waals surface area contributed by atoms with E-state index in [0.29, 0.717) is 11.8 Å². The number of pyridine rings is 1. The van der Waals surface area contributed by atoms with Crippen LogP contribution in [0.25, 0.3) is 5.52 Å². The summed E-state index contributed by atoms with van der Waals surface area (Å²) in [5, 5.41) is 5.05. The van der Waals surface area contributed by atoms with Crippen molar-refractivity contribution in [3.63, 3.8) is 0 Å². The first-order chi connectivity index (χ1) is 7.50. The molecule has 0 saturated heterocycles. The standard InChI is InChI=1S/C13H17ClN2/c1-8(2)10-5-12(9(3)4)16-13(6-10)11(14)7-15-16/h5-9H,1-4H3. The summed E-state index contributed by atoms with van der Waals surface area (Å²) in [6, 6.07) is 4.36. The van der Waals surface area contributed by atoms with Gasteiger partial charge in [-0.25, -0.2) is 4.52 Å². The molecule has 0 aliphatic rings. The maximum Gasteiger partial charge on any atom is 0.0864 e. The third-order valence-corrected chi connectivity index (χ3v) is 3.17. The fourth-order valence-electron chi connectivity index (χ4n) is 1.85. The lowest BCUT2D eigenvalue weighted by Gasteiger charge is -2.13. The molecule has 3 heteroatoms. The van der Waals surface area contributed by atoms with Crippen molar-refractivity contribution in [3.8, 4) is 0 Å². The van der Waals surface area contributed by atoms with Crippen LogP contribution in [0.3, 0.4) is 0 Å². The largest absolute Gasteiger partial charge is 0.236 e. The summed E-state index contributed by atoms with van der Waals surface area (Å²) < 4.78 is 1.94. The molecule has 0 unspecified atom stereocenters. The summed E-state index contributed by atoms with van der Waals surface area (Å²) in [6.45, 7) is 8.74. The van der Waals surface area contributed by atoms with Gasteiger partial charge in [-0.15, -0.1) is 0 Å². The average molecular weight is 237 g/mol. The number of nitrogens with zero attached hydrogens (tertiary/aromatic N) is 2. The van der Waals surface area contributed by atoms with Gasteiger partial charge in [-0.1, -0.05) is 39.3 Å². The minimum Gasteiger partial charge on any atom is -0.236 e. The highest BCUT2D eigenvalue weighted by Crippen LogP contribution is 2.27. The first-order valence-electron chi connectivity index (χ1n) is 5.67. The molecule has 16 heavy (non-hydrogen) atoms. The van der Waals surface area contributed by atoms with E-state index in [1.54, 1.807) is 6.20 Å². The lowest BCUT2D eigenvalue weighted by atomic mass is 10.00. The fourth-order valence-corrected chi connectivity index (χ4v) is 2.03. The molecule has 0 N–H and O–H groups in total. The first-order valence-corrected chi connectivity index (χ1v) is 6.05. The van der Waals surface area contributed by atoms with Crippen LogP contribution in [0.5, 0.6) is 0 Å². The van der Waals surface area contributed by atoms with Gasteiger partial charge in [0, 0.05) is 5.69 Å². The Bertz CT molecular complexity index is 512. The highest BCUT2D eigenvalue weighted by Gasteiger charge is 2.12. The number of hydrogen-bond acceptors (Lipinski definition) is 1. The van der Waals surface area contributed by atoms with E-state index in [1.807, 2.05) is 4.52 Å². The molecule has 0 aliphatic heterocycles. The zero-order valence-corrected chi connectivity index (χ0v) is 10.9. The molecule has 0 spiro atoms. The van der Waals surface area contributed by atoms with Gasteiger partial charge in [0.25, 0.3) is 0 Å². The molecule has 0 aromatic carbocycles. The van der Waals surface area contributed by atoms with E-state index in [1.165, 1.54) is 11.3 Å². The zero-order valence-electron chi connectivity index (χ0n) is 10.2. The number of aromatic nitrogens is 2. The fraction of sp³-hybridized carbons (Fsp3) is 0.462. The topological polar surface area (TPSA) is 17.3 Å². The van der Waals surface area contributed by atoms with Crippen molar-refractivity contribution in [3.05, 3.63) is 34.6 Å². The molecule has 2 nitrogen and oxygen atoms in total. The Morgan fingerprint density at radius 2 is 1.81 bits per heavy atom. The average Bonchev–Trinajstić information content (AvgIpc) is 2.59. The zero-order chi connectivity index (χ0) is 11.9. The predicted molar refractivity (Wildman–Crippen MR) is 68.4 cm³/mol. The second kappa shape index (κ2) is 4.10. The maximum atomic E-state index is 6.14. The van der Waals surface area contributed by atoms with Gasteiger partial charge in [0.05, 0.1) is 16.7 Å². The van der Waals surface area contributed by atoms with Gasteiger partial charge in [0.2, 0.25) is 0 Å². The lowest BCUT2D eigenvalue weighted by Crippen LogP contribution is -2.03. The van der Waals surface area contributed by atoms with Crippen molar-refractivity contribution in [1.29, 1.82) is 0 Å². The van der Waals surface area contributed by atoms with Crippen molar-refractivity contribution in [2.75, 3.05) is 0 Å². The van der Waals surface area contributed by atoms with Gasteiger partial charge in [0.1, 0.15) is 0 Å². The molecule has 0 atom stereocenters. The van der Waals surface area contributed by atoms with Gasteiger partial charge in [-0.05, 0) is 29.5 Å². The van der Waals surface area contributed by atoms with Crippen LogP contribution < -0.4 is 0 Å². The number of hydrogen-bond donors (Lipinski definition) is 0. The van der Waals surface area contributed by atoms with Crippen molar-refractivity contribution >= 4 is 17.1 Å². The molecule has 2 rings (SSSR count). The molecule has 0 amide bonds. The van der Waals surface area contributed by atoms with E-state index in [-0.39, 0.29) is 0 Å². The van der Waals surface area contributed by atoms with Crippen LogP contribution in [0.15, 0.2) is 18.3 Å². The minimum atomic E-state index is 0.442. The number of halogens is 1. The van der Waals surface area contributed by atoms with Crippen LogP contribution in [0, 0.1) is 0 Å². The molecule has 0 fully saturated rings. The van der Waals surface area contributed by atoms with Gasteiger partial charge in [-0.2, -0.15) is 5.10 Å². The second-order valence-electron chi connectivity index (χ2n) is 4.81. The summed E-state index contributed by atoms with van der Waals surface area (Å²) in [5.74, 6) is 0.950. The van der Waals surface area contributed by atoms with E-state index in [4.69, 9.17) is 11.6 Å². The van der Waals surface area contributed by atoms with Gasteiger partial charge < -0.3 is 0 Å². The normalized spacial score (nSPS) is 11.9. The quantitative estimate of drug-likeness (QED) is 0.763. The molecular weight excluding hydrogens is 220 g/mol. The van der Waals surface area contributed by atoms with E-state index in [9.17, 15) is 0 Å². The Hall–Kier alpha value is -1.02. The minimum absolute atomic E-state index is 0.442. The van der Waals surface area contributed by atoms with Crippen LogP contribution in [0.1, 0.15) is 50.8 Å². The van der Waals surface area contributed by atoms with Gasteiger partial charge in [-0.3, -0.25) is 0 Å². The smallest absolute Gasteiger partial charge is 0.0864 e. The van der Waals surface area contributed by atoms with Crippen molar-refractivity contribution in [2.24, 2.45) is 0 Å². The van der Waals surface area contributed by atoms with E-state index < -0.39 is 0 Å². The SMILES string of the molecule is CC(C)c1cc(C(C)C)n2ncc(Cl)c2c1. The summed E-state index contributed by atoms with van der Waals surface area (Å²) in [5.41, 5.74) is 3.54. The third kappa shape index (κ3) is 1.82. The molecule has 0 aliphatic carbocycles. The van der Waals surface area contributed by atoms with Gasteiger partial charge >= 0.3 is 0 Å². The lowest BCUT2D eigenvalue weighted by molar-refractivity contribution is 0.745. The Kier molecular flexibility index (Phi) is 2.94. The summed E-state index contributed by atoms with van der Waals surface area (Å²) in [6.07, 6.45) is 1.72. The maximum absolute atomic E-state index is 6.14. The van der Waals surface area contributed by atoms with E-state index in [0.717, 1.165) is 10.5 Å². The van der Waals surface area contributed by atoms with Crippen molar-refractivity contribution in [2.45, 2.75) is 39.5 Å². The van der Waals surface area contributed by atoms with Crippen LogP contribution in [-0.4, -0.2) is 9.61 Å². The predicted octanol–water partition coefficient (Wildman–Crippen LogP) is 4.23.